The van der Waals surface area contributed by atoms with Crippen molar-refractivity contribution in [3.63, 3.8) is 0 Å². The maximum absolute atomic E-state index is 12.3. The van der Waals surface area contributed by atoms with Crippen molar-refractivity contribution in [2.75, 3.05) is 7.11 Å². The van der Waals surface area contributed by atoms with Gasteiger partial charge in [0.2, 0.25) is 0 Å². The molecule has 0 saturated heterocycles. The average molecular weight is 330 g/mol. The van der Waals surface area contributed by atoms with Gasteiger partial charge in [0.15, 0.2) is 28.4 Å². The van der Waals surface area contributed by atoms with Crippen molar-refractivity contribution in [2.24, 2.45) is 0 Å². The van der Waals surface area contributed by atoms with Crippen molar-refractivity contribution in [1.82, 2.24) is 0 Å². The van der Waals surface area contributed by atoms with Crippen LogP contribution in [0.4, 0.5) is 0 Å². The monoisotopic (exact) mass is 330 g/mol. The van der Waals surface area contributed by atoms with Crippen LogP contribution in [0.1, 0.15) is 5.56 Å². The molecular formula is C17H14O7. The van der Waals surface area contributed by atoms with Crippen molar-refractivity contribution in [3.8, 4) is 34.3 Å². The summed E-state index contributed by atoms with van der Waals surface area (Å²) < 4.78 is 10.6. The number of ether oxygens (including phenoxy) is 1. The smallest absolute Gasteiger partial charge is 0.197 e. The number of phenols is 3. The highest BCUT2D eigenvalue weighted by molar-refractivity contribution is 5.88. The van der Waals surface area contributed by atoms with Crippen LogP contribution in [-0.2, 0) is 6.61 Å². The molecule has 7 heteroatoms. The molecule has 0 bridgehead atoms. The average Bonchev–Trinajstić information content (AvgIpc) is 2.57. The number of aliphatic hydroxyl groups excluding tert-OH is 1. The van der Waals surface area contributed by atoms with Crippen LogP contribution < -0.4 is 10.2 Å². The van der Waals surface area contributed by atoms with E-state index >= 15 is 0 Å². The van der Waals surface area contributed by atoms with E-state index < -0.39 is 23.5 Å². The second kappa shape index (κ2) is 5.78. The lowest BCUT2D eigenvalue weighted by Gasteiger charge is -2.09. The van der Waals surface area contributed by atoms with Gasteiger partial charge in [-0.2, -0.15) is 0 Å². The van der Waals surface area contributed by atoms with Crippen LogP contribution in [-0.4, -0.2) is 27.5 Å². The first-order valence-electron chi connectivity index (χ1n) is 6.96. The first-order chi connectivity index (χ1) is 11.5. The molecular weight excluding hydrogens is 316 g/mol. The van der Waals surface area contributed by atoms with E-state index in [2.05, 4.69) is 0 Å². The molecule has 2 aromatic carbocycles. The first kappa shape index (κ1) is 15.7. The Kier molecular flexibility index (Phi) is 3.78. The van der Waals surface area contributed by atoms with Gasteiger partial charge in [0.05, 0.1) is 13.7 Å². The van der Waals surface area contributed by atoms with Gasteiger partial charge in [0.1, 0.15) is 16.7 Å². The fourth-order valence-electron chi connectivity index (χ4n) is 2.44. The number of aromatic hydroxyl groups is 3. The standard InChI is InChI=1S/C17H14O7/c1-23-13-4-8(2-3-10(13)19)12-6-11(20)15-14(24-12)5-9(7-18)16(21)17(15)22/h2-6,18-19,21-22H,7H2,1H3. The number of methoxy groups -OCH3 is 1. The summed E-state index contributed by atoms with van der Waals surface area (Å²) in [6.07, 6.45) is 0. The van der Waals surface area contributed by atoms with Crippen LogP contribution in [0.2, 0.25) is 0 Å². The summed E-state index contributed by atoms with van der Waals surface area (Å²) in [5, 5.41) is 38.4. The normalized spacial score (nSPS) is 10.9. The number of aliphatic hydroxyl groups is 1. The molecule has 0 radical (unpaired) electrons. The third-order valence-corrected chi connectivity index (χ3v) is 3.68. The number of fused-ring (bicyclic) bond motifs is 1. The molecule has 0 aliphatic rings. The molecule has 124 valence electrons. The molecule has 0 atom stereocenters. The molecule has 0 amide bonds. The van der Waals surface area contributed by atoms with Gasteiger partial charge in [0.25, 0.3) is 0 Å². The van der Waals surface area contributed by atoms with E-state index in [1.165, 1.54) is 31.4 Å². The van der Waals surface area contributed by atoms with E-state index in [-0.39, 0.29) is 33.8 Å². The summed E-state index contributed by atoms with van der Waals surface area (Å²) in [4.78, 5) is 12.3. The third-order valence-electron chi connectivity index (χ3n) is 3.68. The Labute approximate surface area is 135 Å². The largest absolute Gasteiger partial charge is 0.504 e. The molecule has 3 rings (SSSR count). The second-order valence-corrected chi connectivity index (χ2v) is 5.13. The van der Waals surface area contributed by atoms with Crippen molar-refractivity contribution < 1.29 is 29.6 Å². The summed E-state index contributed by atoms with van der Waals surface area (Å²) >= 11 is 0. The number of phenolic OH excluding ortho intramolecular Hbond substituents is 2. The van der Waals surface area contributed by atoms with Gasteiger partial charge in [-0.3, -0.25) is 4.79 Å². The Morgan fingerprint density at radius 2 is 1.83 bits per heavy atom. The molecule has 24 heavy (non-hydrogen) atoms. The lowest BCUT2D eigenvalue weighted by atomic mass is 10.1. The van der Waals surface area contributed by atoms with Crippen molar-refractivity contribution in [1.29, 1.82) is 0 Å². The predicted octanol–water partition coefficient (Wildman–Crippen LogP) is 2.08. The summed E-state index contributed by atoms with van der Waals surface area (Å²) in [6, 6.07) is 6.87. The molecule has 7 nitrogen and oxygen atoms in total. The van der Waals surface area contributed by atoms with E-state index in [0.29, 0.717) is 5.56 Å². The molecule has 1 heterocycles. The van der Waals surface area contributed by atoms with Gasteiger partial charge in [-0.1, -0.05) is 0 Å². The summed E-state index contributed by atoms with van der Waals surface area (Å²) in [7, 11) is 1.39. The van der Waals surface area contributed by atoms with Crippen LogP contribution in [0.5, 0.6) is 23.0 Å². The van der Waals surface area contributed by atoms with Crippen LogP contribution in [0.25, 0.3) is 22.3 Å². The van der Waals surface area contributed by atoms with Crippen LogP contribution in [0, 0.1) is 0 Å². The van der Waals surface area contributed by atoms with Crippen LogP contribution >= 0.6 is 0 Å². The van der Waals surface area contributed by atoms with Gasteiger partial charge in [0, 0.05) is 17.2 Å². The molecule has 0 spiro atoms. The van der Waals surface area contributed by atoms with Gasteiger partial charge in [-0.15, -0.1) is 0 Å². The lowest BCUT2D eigenvalue weighted by Crippen LogP contribution is -2.02. The summed E-state index contributed by atoms with van der Waals surface area (Å²) in [6.45, 7) is -0.531. The second-order valence-electron chi connectivity index (χ2n) is 5.13. The lowest BCUT2D eigenvalue weighted by molar-refractivity contribution is 0.273. The van der Waals surface area contributed by atoms with E-state index in [1.807, 2.05) is 0 Å². The van der Waals surface area contributed by atoms with E-state index in [4.69, 9.17) is 9.15 Å². The van der Waals surface area contributed by atoms with Gasteiger partial charge in [-0.05, 0) is 24.3 Å². The number of benzene rings is 2. The van der Waals surface area contributed by atoms with E-state index in [0.717, 1.165) is 6.07 Å². The fraction of sp³-hybridized carbons (Fsp3) is 0.118. The zero-order chi connectivity index (χ0) is 17.4. The molecule has 3 aromatic rings. The van der Waals surface area contributed by atoms with Gasteiger partial charge in [-0.25, -0.2) is 0 Å². The highest BCUT2D eigenvalue weighted by atomic mass is 16.5. The molecule has 0 aliphatic heterocycles. The molecule has 0 saturated carbocycles. The SMILES string of the molecule is COc1cc(-c2cc(=O)c3c(O)c(O)c(CO)cc3o2)ccc1O. The molecule has 1 aromatic heterocycles. The fourth-order valence-corrected chi connectivity index (χ4v) is 2.44. The maximum Gasteiger partial charge on any atom is 0.197 e. The third kappa shape index (κ3) is 2.40. The Bertz CT molecular complexity index is 988. The summed E-state index contributed by atoms with van der Waals surface area (Å²) in [5.74, 6) is -0.870. The molecule has 0 unspecified atom stereocenters. The van der Waals surface area contributed by atoms with E-state index in [9.17, 15) is 25.2 Å². The number of hydrogen-bond donors (Lipinski definition) is 4. The molecule has 4 N–H and O–H groups in total. The Balaban J connectivity index is 2.28. The minimum absolute atomic E-state index is 0.0175. The Morgan fingerprint density at radius 1 is 1.08 bits per heavy atom. The summed E-state index contributed by atoms with van der Waals surface area (Å²) in [5.41, 5.74) is -0.0372. The Hall–Kier alpha value is -3.19. The highest BCUT2D eigenvalue weighted by Gasteiger charge is 2.17. The molecule has 0 aliphatic carbocycles. The predicted molar refractivity (Wildman–Crippen MR) is 85.4 cm³/mol. The van der Waals surface area contributed by atoms with Gasteiger partial charge >= 0.3 is 0 Å². The topological polar surface area (TPSA) is 120 Å². The van der Waals surface area contributed by atoms with Crippen molar-refractivity contribution in [3.05, 3.63) is 46.1 Å². The number of hydrogen-bond acceptors (Lipinski definition) is 7. The zero-order valence-corrected chi connectivity index (χ0v) is 12.6. The first-order valence-corrected chi connectivity index (χ1v) is 6.96. The van der Waals surface area contributed by atoms with E-state index in [1.54, 1.807) is 0 Å². The molecule has 0 fully saturated rings. The zero-order valence-electron chi connectivity index (χ0n) is 12.6. The van der Waals surface area contributed by atoms with Crippen molar-refractivity contribution in [2.45, 2.75) is 6.61 Å². The van der Waals surface area contributed by atoms with Crippen LogP contribution in [0.3, 0.4) is 0 Å². The minimum atomic E-state index is -0.639. The number of rotatable bonds is 3. The minimum Gasteiger partial charge on any atom is -0.504 e. The quantitative estimate of drug-likeness (QED) is 0.543. The highest BCUT2D eigenvalue weighted by Crippen LogP contribution is 2.37. The maximum atomic E-state index is 12.3. The van der Waals surface area contributed by atoms with Crippen LogP contribution in [0.15, 0.2) is 39.5 Å². The Morgan fingerprint density at radius 3 is 2.50 bits per heavy atom. The van der Waals surface area contributed by atoms with Crippen molar-refractivity contribution >= 4 is 11.0 Å². The van der Waals surface area contributed by atoms with Gasteiger partial charge < -0.3 is 29.6 Å².